The van der Waals surface area contributed by atoms with E-state index in [1.165, 1.54) is 12.7 Å². The summed E-state index contributed by atoms with van der Waals surface area (Å²) >= 11 is 0.633. The summed E-state index contributed by atoms with van der Waals surface area (Å²) in [6, 6.07) is 11.3. The summed E-state index contributed by atoms with van der Waals surface area (Å²) in [7, 11) is 1.25. The third-order valence-electron chi connectivity index (χ3n) is 3.70. The van der Waals surface area contributed by atoms with Gasteiger partial charge in [-0.25, -0.2) is 4.79 Å². The molecule has 0 radical (unpaired) electrons. The molecule has 0 fully saturated rings. The van der Waals surface area contributed by atoms with E-state index in [0.717, 1.165) is 17.7 Å². The van der Waals surface area contributed by atoms with Crippen molar-refractivity contribution in [1.29, 1.82) is 0 Å². The molecule has 0 saturated heterocycles. The highest BCUT2D eigenvalue weighted by atomic mass is 32.2. The molecular formula is C20H22N2O4S. The number of hydrogen-bond donors (Lipinski definition) is 1. The van der Waals surface area contributed by atoms with Gasteiger partial charge in [0.1, 0.15) is 10.7 Å². The van der Waals surface area contributed by atoms with Crippen LogP contribution in [-0.4, -0.2) is 29.9 Å². The van der Waals surface area contributed by atoms with Crippen molar-refractivity contribution in [1.82, 2.24) is 4.98 Å². The summed E-state index contributed by atoms with van der Waals surface area (Å²) in [5, 5.41) is -0.674. The van der Waals surface area contributed by atoms with Crippen LogP contribution in [-0.2, 0) is 22.4 Å². The topological polar surface area (TPSA) is 91.5 Å². The number of thioether (sulfide) groups is 1. The molecule has 7 heteroatoms. The van der Waals surface area contributed by atoms with Gasteiger partial charge in [-0.15, -0.1) is 0 Å². The van der Waals surface area contributed by atoms with E-state index in [1.807, 2.05) is 12.3 Å². The SMILES string of the molecule is CCc1ccc(CCOc2ccc(/C=C(\SC(N)=O)C(=O)OC)cc2)nc1. The average molecular weight is 386 g/mol. The highest BCUT2D eigenvalue weighted by molar-refractivity contribution is 8.17. The van der Waals surface area contributed by atoms with Gasteiger partial charge in [0, 0.05) is 18.3 Å². The van der Waals surface area contributed by atoms with Crippen LogP contribution in [0.25, 0.3) is 6.08 Å². The maximum Gasteiger partial charge on any atom is 0.344 e. The minimum atomic E-state index is -0.674. The highest BCUT2D eigenvalue weighted by Gasteiger charge is 2.13. The zero-order valence-corrected chi connectivity index (χ0v) is 16.1. The zero-order chi connectivity index (χ0) is 19.6. The van der Waals surface area contributed by atoms with Crippen LogP contribution >= 0.6 is 11.8 Å². The molecule has 1 amide bonds. The summed E-state index contributed by atoms with van der Waals surface area (Å²) in [5.74, 6) is 0.0974. The Morgan fingerprint density at radius 1 is 1.19 bits per heavy atom. The number of benzene rings is 1. The molecule has 0 unspecified atom stereocenters. The molecule has 0 atom stereocenters. The number of aryl methyl sites for hydroxylation is 1. The maximum atomic E-state index is 11.7. The first-order valence-corrected chi connectivity index (χ1v) is 9.27. The van der Waals surface area contributed by atoms with Gasteiger partial charge in [0.05, 0.1) is 13.7 Å². The number of amides is 1. The lowest BCUT2D eigenvalue weighted by atomic mass is 10.2. The zero-order valence-electron chi connectivity index (χ0n) is 15.3. The van der Waals surface area contributed by atoms with Crippen molar-refractivity contribution in [3.8, 4) is 5.75 Å². The molecular weight excluding hydrogens is 364 g/mol. The van der Waals surface area contributed by atoms with Gasteiger partial charge in [-0.2, -0.15) is 0 Å². The van der Waals surface area contributed by atoms with Crippen molar-refractivity contribution in [2.24, 2.45) is 5.73 Å². The second kappa shape index (κ2) is 10.4. The molecule has 0 bridgehead atoms. The Kier molecular flexibility index (Phi) is 7.88. The fourth-order valence-electron chi connectivity index (χ4n) is 2.24. The van der Waals surface area contributed by atoms with Crippen LogP contribution in [0.1, 0.15) is 23.7 Å². The van der Waals surface area contributed by atoms with E-state index in [-0.39, 0.29) is 4.91 Å². The smallest absolute Gasteiger partial charge is 0.344 e. The van der Waals surface area contributed by atoms with E-state index >= 15 is 0 Å². The van der Waals surface area contributed by atoms with Gasteiger partial charge in [-0.3, -0.25) is 9.78 Å². The Labute approximate surface area is 162 Å². The molecule has 0 saturated carbocycles. The fraction of sp³-hybridized carbons (Fsp3) is 0.250. The molecule has 1 heterocycles. The second-order valence-electron chi connectivity index (χ2n) is 5.60. The van der Waals surface area contributed by atoms with E-state index in [4.69, 9.17) is 10.5 Å². The monoisotopic (exact) mass is 386 g/mol. The van der Waals surface area contributed by atoms with Crippen LogP contribution in [0.3, 0.4) is 0 Å². The van der Waals surface area contributed by atoms with Gasteiger partial charge in [-0.1, -0.05) is 25.1 Å². The van der Waals surface area contributed by atoms with Gasteiger partial charge in [0.2, 0.25) is 0 Å². The first-order chi connectivity index (χ1) is 13.0. The first-order valence-electron chi connectivity index (χ1n) is 8.45. The van der Waals surface area contributed by atoms with Gasteiger partial charge >= 0.3 is 5.97 Å². The van der Waals surface area contributed by atoms with E-state index in [0.29, 0.717) is 30.5 Å². The van der Waals surface area contributed by atoms with Gasteiger partial charge < -0.3 is 15.2 Å². The van der Waals surface area contributed by atoms with E-state index in [2.05, 4.69) is 22.7 Å². The van der Waals surface area contributed by atoms with Crippen molar-refractivity contribution in [3.05, 3.63) is 64.3 Å². The first kappa shape index (κ1) is 20.5. The quantitative estimate of drug-likeness (QED) is 0.551. The average Bonchev–Trinajstić information content (AvgIpc) is 2.68. The molecule has 2 aromatic rings. The Balaban J connectivity index is 1.94. The summed E-state index contributed by atoms with van der Waals surface area (Å²) in [4.78, 5) is 27.3. The predicted molar refractivity (Wildman–Crippen MR) is 106 cm³/mol. The van der Waals surface area contributed by atoms with Crippen molar-refractivity contribution >= 4 is 29.0 Å². The number of pyridine rings is 1. The number of primary amides is 1. The molecule has 6 nitrogen and oxygen atoms in total. The number of hydrogen-bond acceptors (Lipinski definition) is 6. The summed E-state index contributed by atoms with van der Waals surface area (Å²) in [5.41, 5.74) is 8.06. The van der Waals surface area contributed by atoms with Crippen molar-refractivity contribution in [2.75, 3.05) is 13.7 Å². The summed E-state index contributed by atoms with van der Waals surface area (Å²) < 4.78 is 10.4. The van der Waals surface area contributed by atoms with E-state index in [9.17, 15) is 9.59 Å². The van der Waals surface area contributed by atoms with Gasteiger partial charge in [0.15, 0.2) is 0 Å². The number of methoxy groups -OCH3 is 1. The number of esters is 1. The molecule has 1 aromatic heterocycles. The molecule has 0 aliphatic rings. The third-order valence-corrected chi connectivity index (χ3v) is 4.40. The molecule has 0 aliphatic heterocycles. The molecule has 2 rings (SSSR count). The number of ether oxygens (including phenoxy) is 2. The van der Waals surface area contributed by atoms with Gasteiger partial charge in [0.25, 0.3) is 5.24 Å². The Morgan fingerprint density at radius 3 is 2.48 bits per heavy atom. The number of rotatable bonds is 8. The van der Waals surface area contributed by atoms with Crippen LogP contribution in [0, 0.1) is 0 Å². The number of nitrogens with zero attached hydrogens (tertiary/aromatic N) is 1. The minimum absolute atomic E-state index is 0.125. The lowest BCUT2D eigenvalue weighted by Gasteiger charge is -2.07. The van der Waals surface area contributed by atoms with E-state index < -0.39 is 11.2 Å². The Morgan fingerprint density at radius 2 is 1.93 bits per heavy atom. The maximum absolute atomic E-state index is 11.7. The lowest BCUT2D eigenvalue weighted by molar-refractivity contribution is -0.135. The number of carbonyl (C=O) groups is 2. The fourth-order valence-corrected chi connectivity index (χ4v) is 2.81. The Hall–Kier alpha value is -2.80. The van der Waals surface area contributed by atoms with Gasteiger partial charge in [-0.05, 0) is 53.6 Å². The molecule has 2 N–H and O–H groups in total. The summed E-state index contributed by atoms with van der Waals surface area (Å²) in [6.07, 6.45) is 5.12. The lowest BCUT2D eigenvalue weighted by Crippen LogP contribution is -2.08. The second-order valence-corrected chi connectivity index (χ2v) is 6.65. The summed E-state index contributed by atoms with van der Waals surface area (Å²) in [6.45, 7) is 2.61. The van der Waals surface area contributed by atoms with Crippen LogP contribution in [0.4, 0.5) is 4.79 Å². The molecule has 0 spiro atoms. The molecule has 27 heavy (non-hydrogen) atoms. The standard InChI is InChI=1S/C20H22N2O4S/c1-3-14-4-7-16(22-13-14)10-11-26-17-8-5-15(6-9-17)12-18(19(23)25-2)27-20(21)24/h4-9,12-13H,3,10-11H2,1-2H3,(H2,21,24)/b18-12-. The van der Waals surface area contributed by atoms with Crippen LogP contribution in [0.2, 0.25) is 0 Å². The van der Waals surface area contributed by atoms with E-state index in [1.54, 1.807) is 30.3 Å². The highest BCUT2D eigenvalue weighted by Crippen LogP contribution is 2.22. The van der Waals surface area contributed by atoms with Crippen molar-refractivity contribution in [2.45, 2.75) is 19.8 Å². The number of carbonyl (C=O) groups excluding carboxylic acids is 2. The number of nitrogens with two attached hydrogens (primary N) is 1. The van der Waals surface area contributed by atoms with Crippen molar-refractivity contribution in [3.63, 3.8) is 0 Å². The molecule has 142 valence electrons. The van der Waals surface area contributed by atoms with Crippen LogP contribution in [0.15, 0.2) is 47.5 Å². The minimum Gasteiger partial charge on any atom is -0.493 e. The Bertz CT molecular complexity index is 802. The van der Waals surface area contributed by atoms with Crippen LogP contribution in [0.5, 0.6) is 5.75 Å². The molecule has 1 aromatic carbocycles. The predicted octanol–water partition coefficient (Wildman–Crippen LogP) is 3.59. The molecule has 0 aliphatic carbocycles. The van der Waals surface area contributed by atoms with Crippen LogP contribution < -0.4 is 10.5 Å². The van der Waals surface area contributed by atoms with Crippen molar-refractivity contribution < 1.29 is 19.1 Å². The number of aromatic nitrogens is 1. The third kappa shape index (κ3) is 6.79. The largest absolute Gasteiger partial charge is 0.493 e. The normalized spacial score (nSPS) is 11.1.